The molecule has 0 fully saturated rings. The molecule has 0 aliphatic carbocycles. The Labute approximate surface area is 89.5 Å². The monoisotopic (exact) mass is 242 g/mol. The van der Waals surface area contributed by atoms with Crippen LogP contribution in [0.1, 0.15) is 25.1 Å². The number of hydrogen-bond donors (Lipinski definition) is 1. The van der Waals surface area contributed by atoms with Gasteiger partial charge in [-0.15, -0.1) is 0 Å². The topological polar surface area (TPSA) is 38.0 Å². The van der Waals surface area contributed by atoms with Crippen LogP contribution in [0.25, 0.3) is 0 Å². The second-order valence-corrected chi connectivity index (χ2v) is 3.44. The molecule has 1 aromatic heterocycles. The Balaban J connectivity index is 2.90. The summed E-state index contributed by atoms with van der Waals surface area (Å²) >= 11 is 5.64. The molecule has 0 saturated carbocycles. The van der Waals surface area contributed by atoms with Crippen LogP contribution in [-0.2, 0) is 6.54 Å². The van der Waals surface area contributed by atoms with E-state index in [1.807, 2.05) is 0 Å². The lowest BCUT2D eigenvalue weighted by molar-refractivity contribution is -0.154. The molecule has 0 amide bonds. The molecule has 3 nitrogen and oxygen atoms in total. The van der Waals surface area contributed by atoms with Gasteiger partial charge in [0.25, 0.3) is 0 Å². The van der Waals surface area contributed by atoms with Crippen LogP contribution in [0.15, 0.2) is 6.20 Å². The molecule has 1 heterocycles. The van der Waals surface area contributed by atoms with Gasteiger partial charge in [0, 0.05) is 6.54 Å². The summed E-state index contributed by atoms with van der Waals surface area (Å²) in [6.45, 7) is 2.06. The molecule has 1 rings (SSSR count). The van der Waals surface area contributed by atoms with Crippen molar-refractivity contribution >= 4 is 11.6 Å². The largest absolute Gasteiger partial charge is 0.391 e. The molecule has 0 saturated heterocycles. The van der Waals surface area contributed by atoms with Gasteiger partial charge >= 0.3 is 6.18 Å². The maximum absolute atomic E-state index is 12.0. The molecule has 0 spiro atoms. The highest BCUT2D eigenvalue weighted by atomic mass is 35.5. The highest BCUT2D eigenvalue weighted by Gasteiger charge is 2.33. The van der Waals surface area contributed by atoms with Crippen molar-refractivity contribution in [1.82, 2.24) is 9.78 Å². The Morgan fingerprint density at radius 1 is 1.60 bits per heavy atom. The third kappa shape index (κ3) is 3.10. The summed E-state index contributed by atoms with van der Waals surface area (Å²) in [6, 6.07) is 0. The third-order valence-corrected chi connectivity index (χ3v) is 2.16. The first kappa shape index (κ1) is 12.3. The minimum atomic E-state index is -4.43. The molecule has 0 aromatic carbocycles. The fraction of sp³-hybridized carbons (Fsp3) is 0.625. The van der Waals surface area contributed by atoms with Gasteiger partial charge in [-0.25, -0.2) is 0 Å². The lowest BCUT2D eigenvalue weighted by atomic mass is 10.2. The summed E-state index contributed by atoms with van der Waals surface area (Å²) in [5.74, 6) is 0. The Kier molecular flexibility index (Phi) is 3.62. The van der Waals surface area contributed by atoms with E-state index in [1.54, 1.807) is 6.92 Å². The summed E-state index contributed by atoms with van der Waals surface area (Å²) in [4.78, 5) is 0. The summed E-state index contributed by atoms with van der Waals surface area (Å²) < 4.78 is 37.3. The van der Waals surface area contributed by atoms with Crippen LogP contribution in [0.5, 0.6) is 0 Å². The molecule has 0 aliphatic heterocycles. The molecule has 7 heteroatoms. The average molecular weight is 243 g/mol. The number of aliphatic hydroxyl groups excluding tert-OH is 1. The van der Waals surface area contributed by atoms with Gasteiger partial charge < -0.3 is 5.11 Å². The number of halogens is 4. The maximum Gasteiger partial charge on any atom is 0.391 e. The van der Waals surface area contributed by atoms with Gasteiger partial charge in [-0.3, -0.25) is 4.68 Å². The van der Waals surface area contributed by atoms with Crippen molar-refractivity contribution in [2.75, 3.05) is 0 Å². The van der Waals surface area contributed by atoms with E-state index >= 15 is 0 Å². The van der Waals surface area contributed by atoms with Gasteiger partial charge in [-0.2, -0.15) is 18.3 Å². The molecule has 0 aliphatic rings. The van der Waals surface area contributed by atoms with Gasteiger partial charge in [0.2, 0.25) is 0 Å². The zero-order valence-electron chi connectivity index (χ0n) is 7.92. The van der Waals surface area contributed by atoms with Gasteiger partial charge in [0.1, 0.15) is 6.10 Å². The van der Waals surface area contributed by atoms with Crippen molar-refractivity contribution < 1.29 is 18.3 Å². The predicted octanol–water partition coefficient (Wildman–Crippen LogP) is 2.54. The number of rotatable bonds is 3. The van der Waals surface area contributed by atoms with Crippen LogP contribution in [-0.4, -0.2) is 21.1 Å². The molecule has 1 N–H and O–H groups in total. The Hall–Kier alpha value is -0.750. The first-order valence-corrected chi connectivity index (χ1v) is 4.69. The number of hydrogen-bond acceptors (Lipinski definition) is 2. The second kappa shape index (κ2) is 4.40. The zero-order valence-corrected chi connectivity index (χ0v) is 8.68. The minimum Gasteiger partial charge on any atom is -0.386 e. The number of nitrogens with zero attached hydrogens (tertiary/aromatic N) is 2. The summed E-state index contributed by atoms with van der Waals surface area (Å²) in [6.07, 6.45) is -6.19. The van der Waals surface area contributed by atoms with E-state index in [9.17, 15) is 18.3 Å². The third-order valence-electron chi connectivity index (χ3n) is 1.87. The highest BCUT2D eigenvalue weighted by molar-refractivity contribution is 6.31. The van der Waals surface area contributed by atoms with E-state index in [1.165, 1.54) is 10.9 Å². The van der Waals surface area contributed by atoms with Crippen LogP contribution in [0.3, 0.4) is 0 Å². The van der Waals surface area contributed by atoms with Gasteiger partial charge in [0.05, 0.1) is 23.3 Å². The maximum atomic E-state index is 12.0. The number of aliphatic hydroxyl groups is 1. The normalized spacial score (nSPS) is 14.3. The van der Waals surface area contributed by atoms with Crippen molar-refractivity contribution in [3.63, 3.8) is 0 Å². The molecule has 15 heavy (non-hydrogen) atoms. The standard InChI is InChI=1S/C8H10ClF3N2O/c1-2-14-7(5(9)4-13-14)6(15)3-8(10,11)12/h4,6,15H,2-3H2,1H3. The molecule has 1 aromatic rings. The zero-order chi connectivity index (χ0) is 11.6. The Morgan fingerprint density at radius 2 is 2.20 bits per heavy atom. The average Bonchev–Trinajstić information content (AvgIpc) is 2.43. The smallest absolute Gasteiger partial charge is 0.386 e. The van der Waals surface area contributed by atoms with Crippen LogP contribution < -0.4 is 0 Å². The lowest BCUT2D eigenvalue weighted by Gasteiger charge is -2.14. The predicted molar refractivity (Wildman–Crippen MR) is 48.5 cm³/mol. The van der Waals surface area contributed by atoms with Gasteiger partial charge in [0.15, 0.2) is 0 Å². The van der Waals surface area contributed by atoms with E-state index in [0.29, 0.717) is 6.54 Å². The first-order chi connectivity index (χ1) is 6.85. The summed E-state index contributed by atoms with van der Waals surface area (Å²) in [5.41, 5.74) is 0.0106. The quantitative estimate of drug-likeness (QED) is 0.885. The number of aromatic nitrogens is 2. The molecule has 1 unspecified atom stereocenters. The van der Waals surface area contributed by atoms with E-state index in [0.717, 1.165) is 0 Å². The van der Waals surface area contributed by atoms with Crippen molar-refractivity contribution in [2.45, 2.75) is 32.2 Å². The van der Waals surface area contributed by atoms with E-state index in [4.69, 9.17) is 11.6 Å². The second-order valence-electron chi connectivity index (χ2n) is 3.03. The fourth-order valence-corrected chi connectivity index (χ4v) is 1.54. The van der Waals surface area contributed by atoms with Crippen LogP contribution in [0.2, 0.25) is 5.02 Å². The SMILES string of the molecule is CCn1ncc(Cl)c1C(O)CC(F)(F)F. The van der Waals surface area contributed by atoms with Crippen LogP contribution in [0, 0.1) is 0 Å². The number of alkyl halides is 3. The molecule has 1 atom stereocenters. The van der Waals surface area contributed by atoms with E-state index in [2.05, 4.69) is 5.10 Å². The number of aryl methyl sites for hydroxylation is 1. The molecular weight excluding hydrogens is 233 g/mol. The highest BCUT2D eigenvalue weighted by Crippen LogP contribution is 2.32. The van der Waals surface area contributed by atoms with Gasteiger partial charge in [-0.05, 0) is 6.92 Å². The van der Waals surface area contributed by atoms with Crippen molar-refractivity contribution in [3.8, 4) is 0 Å². The van der Waals surface area contributed by atoms with Crippen molar-refractivity contribution in [1.29, 1.82) is 0 Å². The van der Waals surface area contributed by atoms with Crippen LogP contribution in [0.4, 0.5) is 13.2 Å². The molecule has 0 bridgehead atoms. The first-order valence-electron chi connectivity index (χ1n) is 4.31. The molecular formula is C8H10ClF3N2O. The van der Waals surface area contributed by atoms with Crippen molar-refractivity contribution in [3.05, 3.63) is 16.9 Å². The van der Waals surface area contributed by atoms with E-state index in [-0.39, 0.29) is 10.7 Å². The lowest BCUT2D eigenvalue weighted by Crippen LogP contribution is -2.17. The molecule has 86 valence electrons. The van der Waals surface area contributed by atoms with Crippen LogP contribution >= 0.6 is 11.6 Å². The summed E-state index contributed by atoms with van der Waals surface area (Å²) in [7, 11) is 0. The summed E-state index contributed by atoms with van der Waals surface area (Å²) in [5, 5.41) is 13.2. The van der Waals surface area contributed by atoms with E-state index < -0.39 is 18.7 Å². The minimum absolute atomic E-state index is 0.0106. The van der Waals surface area contributed by atoms with Gasteiger partial charge in [-0.1, -0.05) is 11.6 Å². The van der Waals surface area contributed by atoms with Crippen molar-refractivity contribution in [2.24, 2.45) is 0 Å². The Bertz CT molecular complexity index is 337. The Morgan fingerprint density at radius 3 is 2.67 bits per heavy atom. The fourth-order valence-electron chi connectivity index (χ4n) is 1.27. The molecule has 0 radical (unpaired) electrons.